The van der Waals surface area contributed by atoms with E-state index in [4.69, 9.17) is 5.11 Å². The van der Waals surface area contributed by atoms with Crippen LogP contribution < -0.4 is 5.32 Å². The molecule has 1 atom stereocenters. The predicted molar refractivity (Wildman–Crippen MR) is 74.7 cm³/mol. The highest BCUT2D eigenvalue weighted by atomic mass is 32.1. The Balaban J connectivity index is 2.11. The molecule has 2 N–H and O–H groups in total. The Morgan fingerprint density at radius 1 is 1.55 bits per heavy atom. The Bertz CT molecular complexity index is 592. The van der Waals surface area contributed by atoms with Crippen molar-refractivity contribution in [3.05, 3.63) is 40.3 Å². The molecule has 20 heavy (non-hydrogen) atoms. The molecule has 0 spiro atoms. The fourth-order valence-electron chi connectivity index (χ4n) is 1.78. The Morgan fingerprint density at radius 2 is 2.35 bits per heavy atom. The largest absolute Gasteiger partial charge is 0.481 e. The summed E-state index contributed by atoms with van der Waals surface area (Å²) in [5.74, 6) is -1.27. The van der Waals surface area contributed by atoms with E-state index in [1.807, 2.05) is 24.4 Å². The zero-order valence-corrected chi connectivity index (χ0v) is 11.8. The molecule has 0 fully saturated rings. The van der Waals surface area contributed by atoms with Gasteiger partial charge < -0.3 is 10.4 Å². The second-order valence-corrected chi connectivity index (χ2v) is 5.20. The standard InChI is InChI=1S/C13H15N3O3S/c1-2-16-8-9(7-14-16)13(19)15-10(6-12(17)18)11-4-3-5-20-11/h3-5,7-8,10H,2,6H2,1H3,(H,15,19)(H,17,18)/t10-/m1/s1. The van der Waals surface area contributed by atoms with Gasteiger partial charge in [0.15, 0.2) is 0 Å². The number of carboxylic acid groups (broad SMARTS) is 1. The first-order valence-corrected chi connectivity index (χ1v) is 7.06. The van der Waals surface area contributed by atoms with Gasteiger partial charge in [0.25, 0.3) is 5.91 Å². The van der Waals surface area contributed by atoms with E-state index in [2.05, 4.69) is 10.4 Å². The van der Waals surface area contributed by atoms with Crippen molar-refractivity contribution in [1.29, 1.82) is 0 Å². The van der Waals surface area contributed by atoms with Gasteiger partial charge in [-0.3, -0.25) is 14.3 Å². The first-order valence-electron chi connectivity index (χ1n) is 6.18. The Morgan fingerprint density at radius 3 is 2.90 bits per heavy atom. The van der Waals surface area contributed by atoms with Crippen LogP contribution in [0.15, 0.2) is 29.9 Å². The lowest BCUT2D eigenvalue weighted by Crippen LogP contribution is -2.29. The van der Waals surface area contributed by atoms with E-state index in [0.29, 0.717) is 12.1 Å². The number of carboxylic acids is 1. The van der Waals surface area contributed by atoms with Crippen molar-refractivity contribution >= 4 is 23.2 Å². The summed E-state index contributed by atoms with van der Waals surface area (Å²) < 4.78 is 1.65. The van der Waals surface area contributed by atoms with Crippen molar-refractivity contribution in [3.8, 4) is 0 Å². The average molecular weight is 293 g/mol. The van der Waals surface area contributed by atoms with E-state index in [9.17, 15) is 9.59 Å². The van der Waals surface area contributed by atoms with Crippen LogP contribution >= 0.6 is 11.3 Å². The zero-order chi connectivity index (χ0) is 14.5. The topological polar surface area (TPSA) is 84.2 Å². The average Bonchev–Trinajstić information content (AvgIpc) is 3.08. The zero-order valence-electron chi connectivity index (χ0n) is 10.9. The van der Waals surface area contributed by atoms with E-state index in [1.165, 1.54) is 17.5 Å². The molecule has 0 radical (unpaired) electrons. The minimum atomic E-state index is -0.951. The molecular weight excluding hydrogens is 278 g/mol. The number of carbonyl (C=O) groups excluding carboxylic acids is 1. The molecule has 0 saturated carbocycles. The molecule has 0 saturated heterocycles. The van der Waals surface area contributed by atoms with Crippen LogP contribution in [0, 0.1) is 0 Å². The van der Waals surface area contributed by atoms with Gasteiger partial charge in [-0.05, 0) is 18.4 Å². The minimum Gasteiger partial charge on any atom is -0.481 e. The first kappa shape index (κ1) is 14.3. The molecule has 2 aromatic rings. The highest BCUT2D eigenvalue weighted by Crippen LogP contribution is 2.22. The van der Waals surface area contributed by atoms with Crippen molar-refractivity contribution in [2.24, 2.45) is 0 Å². The fourth-order valence-corrected chi connectivity index (χ4v) is 2.56. The van der Waals surface area contributed by atoms with Gasteiger partial charge in [-0.2, -0.15) is 5.10 Å². The molecule has 6 nitrogen and oxygen atoms in total. The molecule has 1 amide bonds. The van der Waals surface area contributed by atoms with Crippen molar-refractivity contribution in [2.45, 2.75) is 25.9 Å². The summed E-state index contributed by atoms with van der Waals surface area (Å²) in [6, 6.07) is 3.12. The van der Waals surface area contributed by atoms with Gasteiger partial charge in [-0.15, -0.1) is 11.3 Å². The number of amides is 1. The lowest BCUT2D eigenvalue weighted by Gasteiger charge is -2.14. The van der Waals surface area contributed by atoms with Gasteiger partial charge in [-0.25, -0.2) is 0 Å². The highest BCUT2D eigenvalue weighted by Gasteiger charge is 2.20. The van der Waals surface area contributed by atoms with E-state index >= 15 is 0 Å². The molecule has 0 aromatic carbocycles. The molecule has 0 bridgehead atoms. The molecule has 0 aliphatic heterocycles. The van der Waals surface area contributed by atoms with Crippen LogP contribution in [0.25, 0.3) is 0 Å². The number of hydrogen-bond donors (Lipinski definition) is 2. The van der Waals surface area contributed by atoms with E-state index in [1.54, 1.807) is 10.9 Å². The quantitative estimate of drug-likeness (QED) is 0.852. The number of aliphatic carboxylic acids is 1. The van der Waals surface area contributed by atoms with Gasteiger partial charge in [0.05, 0.1) is 24.2 Å². The van der Waals surface area contributed by atoms with Gasteiger partial charge in [0.2, 0.25) is 0 Å². The maximum Gasteiger partial charge on any atom is 0.305 e. The summed E-state index contributed by atoms with van der Waals surface area (Å²) in [5, 5.41) is 17.6. The van der Waals surface area contributed by atoms with Crippen LogP contribution in [0.3, 0.4) is 0 Å². The summed E-state index contributed by atoms with van der Waals surface area (Å²) in [6.45, 7) is 2.60. The number of aryl methyl sites for hydroxylation is 1. The third-order valence-electron chi connectivity index (χ3n) is 2.79. The Kier molecular flexibility index (Phi) is 4.52. The molecular formula is C13H15N3O3S. The van der Waals surface area contributed by atoms with E-state index in [0.717, 1.165) is 4.88 Å². The van der Waals surface area contributed by atoms with Crippen LogP contribution in [-0.2, 0) is 11.3 Å². The summed E-state index contributed by atoms with van der Waals surface area (Å²) in [4.78, 5) is 23.8. The molecule has 0 unspecified atom stereocenters. The third-order valence-corrected chi connectivity index (χ3v) is 3.78. The molecule has 7 heteroatoms. The van der Waals surface area contributed by atoms with Gasteiger partial charge in [0, 0.05) is 17.6 Å². The lowest BCUT2D eigenvalue weighted by atomic mass is 10.1. The Hall–Kier alpha value is -2.15. The summed E-state index contributed by atoms with van der Waals surface area (Å²) >= 11 is 1.42. The lowest BCUT2D eigenvalue weighted by molar-refractivity contribution is -0.137. The minimum absolute atomic E-state index is 0.145. The molecule has 0 aliphatic carbocycles. The number of carbonyl (C=O) groups is 2. The number of thiophene rings is 1. The van der Waals surface area contributed by atoms with Crippen molar-refractivity contribution in [3.63, 3.8) is 0 Å². The number of nitrogens with zero attached hydrogens (tertiary/aromatic N) is 2. The number of hydrogen-bond acceptors (Lipinski definition) is 4. The normalized spacial score (nSPS) is 12.1. The molecule has 2 heterocycles. The maximum atomic E-state index is 12.1. The van der Waals surface area contributed by atoms with E-state index in [-0.39, 0.29) is 12.3 Å². The van der Waals surface area contributed by atoms with Crippen LogP contribution in [0.1, 0.15) is 34.6 Å². The summed E-state index contributed by atoms with van der Waals surface area (Å²) in [6.07, 6.45) is 2.97. The fraction of sp³-hybridized carbons (Fsp3) is 0.308. The van der Waals surface area contributed by atoms with Crippen LogP contribution in [0.2, 0.25) is 0 Å². The first-order chi connectivity index (χ1) is 9.60. The van der Waals surface area contributed by atoms with Gasteiger partial charge in [0.1, 0.15) is 0 Å². The number of rotatable bonds is 6. The van der Waals surface area contributed by atoms with Gasteiger partial charge >= 0.3 is 5.97 Å². The van der Waals surface area contributed by atoms with Crippen molar-refractivity contribution in [2.75, 3.05) is 0 Å². The van der Waals surface area contributed by atoms with Crippen LogP contribution in [0.5, 0.6) is 0 Å². The SMILES string of the molecule is CCn1cc(C(=O)N[C@H](CC(=O)O)c2cccs2)cn1. The Labute approximate surface area is 120 Å². The van der Waals surface area contributed by atoms with E-state index < -0.39 is 12.0 Å². The van der Waals surface area contributed by atoms with Crippen LogP contribution in [0.4, 0.5) is 0 Å². The second-order valence-electron chi connectivity index (χ2n) is 4.22. The number of nitrogens with one attached hydrogen (secondary N) is 1. The third kappa shape index (κ3) is 3.45. The molecule has 2 aromatic heterocycles. The second kappa shape index (κ2) is 6.33. The molecule has 2 rings (SSSR count). The maximum absolute atomic E-state index is 12.1. The monoisotopic (exact) mass is 293 g/mol. The molecule has 106 valence electrons. The van der Waals surface area contributed by atoms with Gasteiger partial charge in [-0.1, -0.05) is 6.07 Å². The van der Waals surface area contributed by atoms with Crippen LogP contribution in [-0.4, -0.2) is 26.8 Å². The molecule has 0 aliphatic rings. The summed E-state index contributed by atoms with van der Waals surface area (Å²) in [5.41, 5.74) is 0.429. The highest BCUT2D eigenvalue weighted by molar-refractivity contribution is 7.10. The van der Waals surface area contributed by atoms with Crippen molar-refractivity contribution in [1.82, 2.24) is 15.1 Å². The predicted octanol–water partition coefficient (Wildman–Crippen LogP) is 1.91. The number of aromatic nitrogens is 2. The van der Waals surface area contributed by atoms with Crippen molar-refractivity contribution < 1.29 is 14.7 Å². The smallest absolute Gasteiger partial charge is 0.305 e. The summed E-state index contributed by atoms with van der Waals surface area (Å²) in [7, 11) is 0.